The molecular formula is C16H21ClN2OS. The number of halogens is 1. The van der Waals surface area contributed by atoms with Gasteiger partial charge in [0.15, 0.2) is 0 Å². The smallest absolute Gasteiger partial charge is 0.232 e. The minimum atomic E-state index is 0.260. The molecule has 1 aliphatic heterocycles. The van der Waals surface area contributed by atoms with E-state index in [-0.39, 0.29) is 5.91 Å². The predicted octanol–water partition coefficient (Wildman–Crippen LogP) is 2.77. The Bertz CT molecular complexity index is 508. The van der Waals surface area contributed by atoms with E-state index in [4.69, 9.17) is 17.3 Å². The van der Waals surface area contributed by atoms with Gasteiger partial charge in [0.2, 0.25) is 5.91 Å². The van der Waals surface area contributed by atoms with Gasteiger partial charge in [0.1, 0.15) is 0 Å². The number of thioether (sulfide) groups is 1. The number of rotatable bonds is 4. The zero-order chi connectivity index (χ0) is 14.8. The molecule has 2 aliphatic rings. The Kier molecular flexibility index (Phi) is 4.77. The highest BCUT2D eigenvalue weighted by Gasteiger charge is 2.42. The van der Waals surface area contributed by atoms with Crippen molar-refractivity contribution in [3.8, 4) is 0 Å². The third kappa shape index (κ3) is 3.55. The molecule has 3 unspecified atom stereocenters. The summed E-state index contributed by atoms with van der Waals surface area (Å²) in [4.78, 5) is 14.3. The van der Waals surface area contributed by atoms with Gasteiger partial charge in [-0.1, -0.05) is 23.7 Å². The van der Waals surface area contributed by atoms with Crippen molar-refractivity contribution >= 4 is 29.3 Å². The number of amides is 1. The largest absolute Gasteiger partial charge is 0.341 e. The molecule has 3 nitrogen and oxygen atoms in total. The first-order valence-electron chi connectivity index (χ1n) is 7.49. The first kappa shape index (κ1) is 15.2. The molecule has 1 aromatic rings. The molecule has 3 rings (SSSR count). The topological polar surface area (TPSA) is 46.3 Å². The lowest BCUT2D eigenvalue weighted by atomic mass is 9.98. The molecule has 2 N–H and O–H groups in total. The van der Waals surface area contributed by atoms with E-state index < -0.39 is 0 Å². The Morgan fingerprint density at radius 3 is 2.76 bits per heavy atom. The third-order valence-electron chi connectivity index (χ3n) is 4.67. The maximum Gasteiger partial charge on any atom is 0.232 e. The fraction of sp³-hybridized carbons (Fsp3) is 0.562. The maximum atomic E-state index is 12.3. The van der Waals surface area contributed by atoms with Crippen LogP contribution in [-0.2, 0) is 10.5 Å². The van der Waals surface area contributed by atoms with Crippen molar-refractivity contribution in [3.05, 3.63) is 34.9 Å². The van der Waals surface area contributed by atoms with Crippen LogP contribution < -0.4 is 5.73 Å². The highest BCUT2D eigenvalue weighted by molar-refractivity contribution is 7.99. The molecule has 1 saturated heterocycles. The highest BCUT2D eigenvalue weighted by atomic mass is 35.5. The number of hydrogen-bond acceptors (Lipinski definition) is 3. The second-order valence-corrected chi connectivity index (χ2v) is 7.51. The van der Waals surface area contributed by atoms with Gasteiger partial charge >= 0.3 is 0 Å². The number of nitrogens with zero attached hydrogens (tertiary/aromatic N) is 1. The summed E-state index contributed by atoms with van der Waals surface area (Å²) in [5, 5.41) is 0.750. The third-order valence-corrected chi connectivity index (χ3v) is 5.91. The summed E-state index contributed by atoms with van der Waals surface area (Å²) in [6, 6.07) is 8.11. The Hall–Kier alpha value is -0.710. The highest BCUT2D eigenvalue weighted by Crippen LogP contribution is 2.37. The number of hydrogen-bond donors (Lipinski definition) is 1. The Labute approximate surface area is 135 Å². The van der Waals surface area contributed by atoms with Gasteiger partial charge in [-0.3, -0.25) is 4.79 Å². The van der Waals surface area contributed by atoms with Crippen LogP contribution in [-0.4, -0.2) is 35.7 Å². The molecule has 1 aliphatic carbocycles. The van der Waals surface area contributed by atoms with Crippen LogP contribution in [0.5, 0.6) is 0 Å². The first-order chi connectivity index (χ1) is 10.1. The van der Waals surface area contributed by atoms with Crippen molar-refractivity contribution in [1.82, 2.24) is 4.90 Å². The quantitative estimate of drug-likeness (QED) is 0.926. The Morgan fingerprint density at radius 1 is 1.29 bits per heavy atom. The van der Waals surface area contributed by atoms with Gasteiger partial charge in [-0.05, 0) is 42.4 Å². The monoisotopic (exact) mass is 324 g/mol. The van der Waals surface area contributed by atoms with Gasteiger partial charge in [0, 0.05) is 29.9 Å². The molecule has 21 heavy (non-hydrogen) atoms. The van der Waals surface area contributed by atoms with Crippen molar-refractivity contribution in [1.29, 1.82) is 0 Å². The molecular weight excluding hydrogens is 304 g/mol. The lowest BCUT2D eigenvalue weighted by molar-refractivity contribution is -0.127. The van der Waals surface area contributed by atoms with Gasteiger partial charge in [-0.15, -0.1) is 11.8 Å². The summed E-state index contributed by atoms with van der Waals surface area (Å²) in [5.74, 6) is 2.84. The normalized spacial score (nSPS) is 27.9. The molecule has 2 fully saturated rings. The molecule has 1 saturated carbocycles. The van der Waals surface area contributed by atoms with Gasteiger partial charge in [0.25, 0.3) is 0 Å². The van der Waals surface area contributed by atoms with Crippen molar-refractivity contribution in [2.24, 2.45) is 17.6 Å². The van der Waals surface area contributed by atoms with Crippen molar-refractivity contribution < 1.29 is 4.79 Å². The summed E-state index contributed by atoms with van der Waals surface area (Å²) < 4.78 is 0. The molecule has 1 heterocycles. The average molecular weight is 325 g/mol. The minimum Gasteiger partial charge on any atom is -0.341 e. The maximum absolute atomic E-state index is 12.3. The standard InChI is InChI=1S/C16H21ClN2OS/c17-13-4-1-11(2-5-13)9-21-10-16(20)19-7-12-3-6-15(18)14(12)8-19/h1-2,4-5,12,14-15H,3,6-10,18H2. The SMILES string of the molecule is NC1CCC2CN(C(=O)CSCc3ccc(Cl)cc3)CC12. The lowest BCUT2D eigenvalue weighted by Gasteiger charge is -2.18. The van der Waals surface area contributed by atoms with E-state index in [0.29, 0.717) is 23.6 Å². The molecule has 1 aromatic carbocycles. The fourth-order valence-corrected chi connectivity index (χ4v) is 4.45. The molecule has 5 heteroatoms. The van der Waals surface area contributed by atoms with E-state index in [2.05, 4.69) is 0 Å². The number of carbonyl (C=O) groups is 1. The van der Waals surface area contributed by atoms with Crippen molar-refractivity contribution in [2.75, 3.05) is 18.8 Å². The van der Waals surface area contributed by atoms with Crippen molar-refractivity contribution in [3.63, 3.8) is 0 Å². The summed E-state index contributed by atoms with van der Waals surface area (Å²) in [6.45, 7) is 1.78. The molecule has 114 valence electrons. The summed E-state index contributed by atoms with van der Waals surface area (Å²) >= 11 is 7.53. The molecule has 0 spiro atoms. The van der Waals surface area contributed by atoms with E-state index in [0.717, 1.165) is 30.3 Å². The van der Waals surface area contributed by atoms with E-state index in [1.165, 1.54) is 12.0 Å². The summed E-state index contributed by atoms with van der Waals surface area (Å²) in [5.41, 5.74) is 7.32. The van der Waals surface area contributed by atoms with E-state index in [1.54, 1.807) is 11.8 Å². The van der Waals surface area contributed by atoms with Crippen LogP contribution in [0.2, 0.25) is 5.02 Å². The van der Waals surface area contributed by atoms with Gasteiger partial charge in [-0.2, -0.15) is 0 Å². The van der Waals surface area contributed by atoms with Crippen LogP contribution in [0.25, 0.3) is 0 Å². The Morgan fingerprint density at radius 2 is 2.05 bits per heavy atom. The van der Waals surface area contributed by atoms with E-state index in [9.17, 15) is 4.79 Å². The number of fused-ring (bicyclic) bond motifs is 1. The van der Waals surface area contributed by atoms with Crippen LogP contribution >= 0.6 is 23.4 Å². The van der Waals surface area contributed by atoms with Crippen LogP contribution in [0.15, 0.2) is 24.3 Å². The lowest BCUT2D eigenvalue weighted by Crippen LogP contribution is -2.34. The number of carbonyl (C=O) groups excluding carboxylic acids is 1. The summed E-state index contributed by atoms with van der Waals surface area (Å²) in [6.07, 6.45) is 2.32. The van der Waals surface area contributed by atoms with Crippen LogP contribution in [0.1, 0.15) is 18.4 Å². The second kappa shape index (κ2) is 6.59. The zero-order valence-corrected chi connectivity index (χ0v) is 13.6. The van der Waals surface area contributed by atoms with Gasteiger partial charge in [0.05, 0.1) is 5.75 Å². The second-order valence-electron chi connectivity index (χ2n) is 6.08. The molecule has 3 atom stereocenters. The van der Waals surface area contributed by atoms with E-state index >= 15 is 0 Å². The van der Waals surface area contributed by atoms with Crippen LogP contribution in [0.4, 0.5) is 0 Å². The molecule has 1 amide bonds. The number of benzene rings is 1. The van der Waals surface area contributed by atoms with Crippen LogP contribution in [0.3, 0.4) is 0 Å². The molecule has 0 aromatic heterocycles. The molecule has 0 radical (unpaired) electrons. The number of nitrogens with two attached hydrogens (primary N) is 1. The first-order valence-corrected chi connectivity index (χ1v) is 9.02. The Balaban J connectivity index is 1.44. The average Bonchev–Trinajstić information content (AvgIpc) is 3.04. The van der Waals surface area contributed by atoms with Crippen LogP contribution in [0, 0.1) is 11.8 Å². The van der Waals surface area contributed by atoms with Gasteiger partial charge < -0.3 is 10.6 Å². The zero-order valence-electron chi connectivity index (χ0n) is 12.0. The van der Waals surface area contributed by atoms with Crippen molar-refractivity contribution in [2.45, 2.75) is 24.6 Å². The predicted molar refractivity (Wildman–Crippen MR) is 88.4 cm³/mol. The minimum absolute atomic E-state index is 0.260. The number of likely N-dealkylation sites (tertiary alicyclic amines) is 1. The summed E-state index contributed by atoms with van der Waals surface area (Å²) in [7, 11) is 0. The van der Waals surface area contributed by atoms with E-state index in [1.807, 2.05) is 29.2 Å². The fourth-order valence-electron chi connectivity index (χ4n) is 3.44. The molecule has 0 bridgehead atoms. The van der Waals surface area contributed by atoms with Gasteiger partial charge in [-0.25, -0.2) is 0 Å².